The van der Waals surface area contributed by atoms with Crippen LogP contribution in [-0.2, 0) is 0 Å². The molecule has 3 rings (SSSR count). The standard InChI is InChI=1S/C15H11ClN2OS/c1-9-5-4-8-12(13(9)16)18-14(19)10-6-2-3-7-11(10)17-15(18)20/h2-8H,1H3,(H,17,20). The van der Waals surface area contributed by atoms with Gasteiger partial charge in [-0.05, 0) is 42.9 Å². The van der Waals surface area contributed by atoms with Crippen molar-refractivity contribution in [1.82, 2.24) is 9.55 Å². The first kappa shape index (κ1) is 13.1. The number of para-hydroxylation sites is 1. The minimum absolute atomic E-state index is 0.170. The lowest BCUT2D eigenvalue weighted by Crippen LogP contribution is -2.20. The van der Waals surface area contributed by atoms with Crippen LogP contribution in [0.2, 0.25) is 5.02 Å². The smallest absolute Gasteiger partial charge is 0.266 e. The van der Waals surface area contributed by atoms with Gasteiger partial charge < -0.3 is 4.98 Å². The number of hydrogen-bond acceptors (Lipinski definition) is 2. The Morgan fingerprint density at radius 2 is 1.90 bits per heavy atom. The molecule has 1 aromatic heterocycles. The van der Waals surface area contributed by atoms with Crippen LogP contribution in [0.25, 0.3) is 16.6 Å². The molecule has 0 aliphatic carbocycles. The van der Waals surface area contributed by atoms with Crippen molar-refractivity contribution >= 4 is 34.7 Å². The lowest BCUT2D eigenvalue weighted by atomic mass is 10.2. The Balaban J connectivity index is 2.46. The molecule has 0 spiro atoms. The summed E-state index contributed by atoms with van der Waals surface area (Å²) >= 11 is 11.6. The summed E-state index contributed by atoms with van der Waals surface area (Å²) < 4.78 is 1.77. The molecular formula is C15H11ClN2OS. The predicted octanol–water partition coefficient (Wildman–Crippen LogP) is 4.01. The summed E-state index contributed by atoms with van der Waals surface area (Å²) in [7, 11) is 0. The Hall–Kier alpha value is -1.91. The van der Waals surface area contributed by atoms with Gasteiger partial charge in [-0.25, -0.2) is 0 Å². The fourth-order valence-corrected chi connectivity index (χ4v) is 2.69. The normalized spacial score (nSPS) is 10.9. The van der Waals surface area contributed by atoms with Gasteiger partial charge in [-0.1, -0.05) is 35.9 Å². The van der Waals surface area contributed by atoms with Crippen molar-refractivity contribution in [3.63, 3.8) is 0 Å². The number of aromatic amines is 1. The van der Waals surface area contributed by atoms with Crippen LogP contribution in [0, 0.1) is 11.7 Å². The first-order valence-corrected chi connectivity index (χ1v) is 6.88. The highest BCUT2D eigenvalue weighted by Gasteiger charge is 2.11. The van der Waals surface area contributed by atoms with Crippen molar-refractivity contribution in [2.45, 2.75) is 6.92 Å². The zero-order chi connectivity index (χ0) is 14.3. The molecule has 0 unspecified atom stereocenters. The third-order valence-corrected chi connectivity index (χ3v) is 3.99. The molecule has 1 heterocycles. The van der Waals surface area contributed by atoms with Gasteiger partial charge in [-0.15, -0.1) is 0 Å². The molecule has 0 radical (unpaired) electrons. The van der Waals surface area contributed by atoms with Crippen LogP contribution >= 0.6 is 23.8 Å². The molecule has 0 amide bonds. The Bertz CT molecular complexity index is 927. The molecule has 3 aromatic rings. The van der Waals surface area contributed by atoms with E-state index in [4.69, 9.17) is 23.8 Å². The SMILES string of the molecule is Cc1cccc(-n2c(=S)[nH]c3ccccc3c2=O)c1Cl. The monoisotopic (exact) mass is 302 g/mol. The van der Waals surface area contributed by atoms with Gasteiger partial charge in [0, 0.05) is 0 Å². The van der Waals surface area contributed by atoms with E-state index in [1.165, 1.54) is 4.57 Å². The molecule has 0 saturated carbocycles. The third kappa shape index (κ3) is 1.97. The summed E-state index contributed by atoms with van der Waals surface area (Å²) in [4.78, 5) is 15.7. The van der Waals surface area contributed by atoms with E-state index in [0.29, 0.717) is 20.9 Å². The van der Waals surface area contributed by atoms with Gasteiger partial charge in [0.05, 0.1) is 21.6 Å². The number of aryl methyl sites for hydroxylation is 1. The minimum Gasteiger partial charge on any atom is -0.331 e. The van der Waals surface area contributed by atoms with Crippen LogP contribution in [0.1, 0.15) is 5.56 Å². The summed E-state index contributed by atoms with van der Waals surface area (Å²) in [5.74, 6) is 0. The zero-order valence-corrected chi connectivity index (χ0v) is 12.3. The van der Waals surface area contributed by atoms with Crippen LogP contribution in [0.4, 0.5) is 0 Å². The Morgan fingerprint density at radius 3 is 2.70 bits per heavy atom. The van der Waals surface area contributed by atoms with Gasteiger partial charge in [0.15, 0.2) is 4.77 Å². The summed E-state index contributed by atoms with van der Waals surface area (Å²) in [6, 6.07) is 12.8. The number of fused-ring (bicyclic) bond motifs is 1. The second-order valence-electron chi connectivity index (χ2n) is 4.52. The summed E-state index contributed by atoms with van der Waals surface area (Å²) in [6.07, 6.45) is 0. The maximum atomic E-state index is 12.6. The average molecular weight is 303 g/mol. The number of aromatic nitrogens is 2. The molecule has 3 nitrogen and oxygen atoms in total. The summed E-state index contributed by atoms with van der Waals surface area (Å²) in [6.45, 7) is 1.89. The largest absolute Gasteiger partial charge is 0.331 e. The second kappa shape index (κ2) is 4.89. The van der Waals surface area contributed by atoms with E-state index in [1.54, 1.807) is 12.1 Å². The molecule has 0 aliphatic heterocycles. The molecule has 0 fully saturated rings. The van der Waals surface area contributed by atoms with Crippen molar-refractivity contribution in [1.29, 1.82) is 0 Å². The fourth-order valence-electron chi connectivity index (χ4n) is 2.19. The van der Waals surface area contributed by atoms with Gasteiger partial charge in [-0.3, -0.25) is 9.36 Å². The molecule has 20 heavy (non-hydrogen) atoms. The van der Waals surface area contributed by atoms with E-state index in [1.807, 2.05) is 37.3 Å². The summed E-state index contributed by atoms with van der Waals surface area (Å²) in [5, 5.41) is 1.11. The molecule has 0 bridgehead atoms. The van der Waals surface area contributed by atoms with Crippen molar-refractivity contribution < 1.29 is 0 Å². The van der Waals surface area contributed by atoms with Gasteiger partial charge in [0.1, 0.15) is 0 Å². The van der Waals surface area contributed by atoms with Crippen LogP contribution in [0.3, 0.4) is 0 Å². The van der Waals surface area contributed by atoms with Crippen LogP contribution < -0.4 is 5.56 Å². The quantitative estimate of drug-likeness (QED) is 0.690. The minimum atomic E-state index is -0.170. The maximum Gasteiger partial charge on any atom is 0.266 e. The van der Waals surface area contributed by atoms with Crippen LogP contribution in [-0.4, -0.2) is 9.55 Å². The van der Waals surface area contributed by atoms with Gasteiger partial charge in [-0.2, -0.15) is 0 Å². The average Bonchev–Trinajstić information content (AvgIpc) is 2.43. The van der Waals surface area contributed by atoms with Crippen molar-refractivity contribution in [3.05, 3.63) is 68.2 Å². The zero-order valence-electron chi connectivity index (χ0n) is 10.7. The van der Waals surface area contributed by atoms with E-state index >= 15 is 0 Å². The highest BCUT2D eigenvalue weighted by Crippen LogP contribution is 2.23. The lowest BCUT2D eigenvalue weighted by molar-refractivity contribution is 0.938. The highest BCUT2D eigenvalue weighted by atomic mass is 35.5. The number of hydrogen-bond donors (Lipinski definition) is 1. The molecule has 2 aromatic carbocycles. The molecular weight excluding hydrogens is 292 g/mol. The highest BCUT2D eigenvalue weighted by molar-refractivity contribution is 7.71. The van der Waals surface area contributed by atoms with Crippen LogP contribution in [0.5, 0.6) is 0 Å². The Kier molecular flexibility index (Phi) is 3.20. The van der Waals surface area contributed by atoms with E-state index < -0.39 is 0 Å². The van der Waals surface area contributed by atoms with E-state index in [0.717, 1.165) is 11.1 Å². The number of benzene rings is 2. The van der Waals surface area contributed by atoms with Crippen molar-refractivity contribution in [2.75, 3.05) is 0 Å². The Morgan fingerprint density at radius 1 is 1.15 bits per heavy atom. The fraction of sp³-hybridized carbons (Fsp3) is 0.0667. The number of H-pyrrole nitrogens is 1. The predicted molar refractivity (Wildman–Crippen MR) is 84.5 cm³/mol. The van der Waals surface area contributed by atoms with Gasteiger partial charge in [0.25, 0.3) is 5.56 Å². The first-order chi connectivity index (χ1) is 9.59. The number of nitrogens with zero attached hydrogens (tertiary/aromatic N) is 1. The lowest BCUT2D eigenvalue weighted by Gasteiger charge is -2.11. The topological polar surface area (TPSA) is 37.8 Å². The van der Waals surface area contributed by atoms with Crippen molar-refractivity contribution in [2.24, 2.45) is 0 Å². The number of rotatable bonds is 1. The maximum absolute atomic E-state index is 12.6. The number of halogens is 1. The molecule has 5 heteroatoms. The first-order valence-electron chi connectivity index (χ1n) is 6.09. The molecule has 0 atom stereocenters. The Labute approximate surface area is 125 Å². The molecule has 0 saturated heterocycles. The van der Waals surface area contributed by atoms with Gasteiger partial charge in [0.2, 0.25) is 0 Å². The van der Waals surface area contributed by atoms with E-state index in [2.05, 4.69) is 4.98 Å². The van der Waals surface area contributed by atoms with Gasteiger partial charge >= 0.3 is 0 Å². The van der Waals surface area contributed by atoms with Crippen LogP contribution in [0.15, 0.2) is 47.3 Å². The third-order valence-electron chi connectivity index (χ3n) is 3.22. The molecule has 100 valence electrons. The molecule has 0 aliphatic rings. The second-order valence-corrected chi connectivity index (χ2v) is 5.29. The molecule has 1 N–H and O–H groups in total. The van der Waals surface area contributed by atoms with E-state index in [-0.39, 0.29) is 5.56 Å². The number of nitrogens with one attached hydrogen (secondary N) is 1. The summed E-state index contributed by atoms with van der Waals surface area (Å²) in [5.41, 5.74) is 2.06. The van der Waals surface area contributed by atoms with E-state index in [9.17, 15) is 4.79 Å². The van der Waals surface area contributed by atoms with Crippen molar-refractivity contribution in [3.8, 4) is 5.69 Å².